The van der Waals surface area contributed by atoms with Gasteiger partial charge in [-0.25, -0.2) is 0 Å². The van der Waals surface area contributed by atoms with Gasteiger partial charge in [0.2, 0.25) is 0 Å². The minimum absolute atomic E-state index is 0.0735. The van der Waals surface area contributed by atoms with Crippen LogP contribution in [0, 0.1) is 0 Å². The van der Waals surface area contributed by atoms with E-state index in [1.54, 1.807) is 0 Å². The first kappa shape index (κ1) is 79.0. The van der Waals surface area contributed by atoms with Crippen LogP contribution in [-0.2, 0) is 19.1 Å². The Morgan fingerprint density at radius 1 is 0.289 bits per heavy atom. The number of carbonyl (C=O) groups is 2. The number of unbranched alkanes of at least 4 members (excludes halogenated alkanes) is 34. The lowest BCUT2D eigenvalue weighted by Crippen LogP contribution is -2.28. The molecule has 0 heterocycles. The quantitative estimate of drug-likeness (QED) is 0.0373. The highest BCUT2D eigenvalue weighted by Crippen LogP contribution is 2.18. The summed E-state index contributed by atoms with van der Waals surface area (Å²) in [4.78, 5) is 24.6. The molecular weight excluding hydrogens is 1020 g/mol. The van der Waals surface area contributed by atoms with Crippen molar-refractivity contribution in [2.45, 2.75) is 335 Å². The molecule has 0 saturated heterocycles. The molecule has 1 N–H and O–H groups in total. The Labute approximate surface area is 515 Å². The van der Waals surface area contributed by atoms with Gasteiger partial charge in [0.25, 0.3) is 0 Å². The molecule has 5 heteroatoms. The van der Waals surface area contributed by atoms with Crippen LogP contribution < -0.4 is 0 Å². The molecule has 83 heavy (non-hydrogen) atoms. The van der Waals surface area contributed by atoms with E-state index in [-0.39, 0.29) is 25.2 Å². The summed E-state index contributed by atoms with van der Waals surface area (Å²) in [6, 6.07) is 0. The summed E-state index contributed by atoms with van der Waals surface area (Å²) < 4.78 is 10.7. The minimum atomic E-state index is -0.786. The Bertz CT molecular complexity index is 1680. The number of hydrogen-bond donors (Lipinski definition) is 1. The van der Waals surface area contributed by atoms with E-state index < -0.39 is 6.10 Å². The van der Waals surface area contributed by atoms with Gasteiger partial charge >= 0.3 is 11.9 Å². The highest BCUT2D eigenvalue weighted by molar-refractivity contribution is 5.70. The standard InChI is InChI=1S/C78H132O5/c1-3-5-7-9-11-13-15-17-19-21-23-25-27-29-31-33-34-35-36-37-38-39-40-41-42-43-44-45-47-49-51-53-55-57-59-61-63-65-67-69-71-73-78(81)83-76(74-79)75-82-77(80)72-70-68-66-64-62-60-58-56-54-52-50-48-46-32-30-28-26-24-22-20-18-16-14-12-10-8-6-4-2/h5,7,11,13,17,19,23,25,29,31,34-35,37-38,40-41,43-44,47,49,53,55,76,79H,3-4,6,8-10,12,14-16,18,20-22,24,26-28,30,32-33,36,39,42,45-46,48,50-52,54,56-75H2,1-2H3/b7-5-,13-11-,19-17-,25-23-,31-29-,35-34-,38-37-,41-40-,44-43-,49-47-,55-53-. The van der Waals surface area contributed by atoms with Gasteiger partial charge in [-0.1, -0.05) is 353 Å². The van der Waals surface area contributed by atoms with E-state index >= 15 is 0 Å². The molecule has 0 aromatic heterocycles. The number of aliphatic hydroxyl groups is 1. The van der Waals surface area contributed by atoms with Crippen molar-refractivity contribution in [2.75, 3.05) is 13.2 Å². The van der Waals surface area contributed by atoms with Crippen LogP contribution in [-0.4, -0.2) is 36.4 Å². The monoisotopic (exact) mass is 1150 g/mol. The smallest absolute Gasteiger partial charge is 0.306 e. The lowest BCUT2D eigenvalue weighted by molar-refractivity contribution is -0.161. The van der Waals surface area contributed by atoms with Crippen LogP contribution in [0.5, 0.6) is 0 Å². The van der Waals surface area contributed by atoms with Gasteiger partial charge in [-0.05, 0) is 96.3 Å². The van der Waals surface area contributed by atoms with Crippen molar-refractivity contribution in [3.63, 3.8) is 0 Å². The van der Waals surface area contributed by atoms with Crippen molar-refractivity contribution < 1.29 is 24.2 Å². The second kappa shape index (κ2) is 72.3. The molecule has 1 atom stereocenters. The molecule has 474 valence electrons. The van der Waals surface area contributed by atoms with Crippen molar-refractivity contribution in [2.24, 2.45) is 0 Å². The Balaban J connectivity index is 3.55. The zero-order valence-corrected chi connectivity index (χ0v) is 54.4. The first-order valence-electron chi connectivity index (χ1n) is 35.2. The zero-order valence-electron chi connectivity index (χ0n) is 54.4. The third-order valence-electron chi connectivity index (χ3n) is 15.2. The molecule has 0 fully saturated rings. The van der Waals surface area contributed by atoms with E-state index in [1.165, 1.54) is 186 Å². The second-order valence-electron chi connectivity index (χ2n) is 23.2. The Morgan fingerprint density at radius 2 is 0.518 bits per heavy atom. The SMILES string of the molecule is CC/C=C\C/C=C\C/C=C\C/C=C\C/C=C\C/C=C\C/C=C\C/C=C\C/C=C\C/C=C\C/C=C\CCCCCCCCCC(=O)OC(CO)COC(=O)CCCCCCCCCCCCCCCCCCCCCCCCCCCCCC. The largest absolute Gasteiger partial charge is 0.462 e. The van der Waals surface area contributed by atoms with Crippen LogP contribution in [0.4, 0.5) is 0 Å². The van der Waals surface area contributed by atoms with Crippen molar-refractivity contribution in [3.8, 4) is 0 Å². The molecule has 5 nitrogen and oxygen atoms in total. The molecule has 0 aromatic rings. The van der Waals surface area contributed by atoms with E-state index in [9.17, 15) is 14.7 Å². The zero-order chi connectivity index (χ0) is 59.8. The molecule has 1 unspecified atom stereocenters. The summed E-state index contributed by atoms with van der Waals surface area (Å²) in [6.45, 7) is 4.05. The van der Waals surface area contributed by atoms with Gasteiger partial charge in [0.15, 0.2) is 6.10 Å². The third-order valence-corrected chi connectivity index (χ3v) is 15.2. The Kier molecular flexibility index (Phi) is 68.9. The normalized spacial score (nSPS) is 13.0. The highest BCUT2D eigenvalue weighted by atomic mass is 16.6. The number of esters is 2. The van der Waals surface area contributed by atoms with Gasteiger partial charge in [0.05, 0.1) is 6.61 Å². The molecule has 0 aliphatic heterocycles. The maximum Gasteiger partial charge on any atom is 0.306 e. The number of ether oxygens (including phenoxy) is 2. The lowest BCUT2D eigenvalue weighted by atomic mass is 10.0. The average Bonchev–Trinajstić information content (AvgIpc) is 3.49. The van der Waals surface area contributed by atoms with Crippen LogP contribution in [0.1, 0.15) is 328 Å². The van der Waals surface area contributed by atoms with Crippen LogP contribution >= 0.6 is 0 Å². The maximum atomic E-state index is 12.4. The van der Waals surface area contributed by atoms with Gasteiger partial charge in [-0.2, -0.15) is 0 Å². The van der Waals surface area contributed by atoms with Crippen molar-refractivity contribution in [1.82, 2.24) is 0 Å². The van der Waals surface area contributed by atoms with E-state index in [0.29, 0.717) is 12.8 Å². The number of rotatable bonds is 64. The van der Waals surface area contributed by atoms with Crippen molar-refractivity contribution in [1.29, 1.82) is 0 Å². The molecule has 0 rings (SSSR count). The maximum absolute atomic E-state index is 12.4. The first-order chi connectivity index (χ1) is 41.1. The van der Waals surface area contributed by atoms with Crippen molar-refractivity contribution >= 4 is 11.9 Å². The fourth-order valence-electron chi connectivity index (χ4n) is 9.98. The van der Waals surface area contributed by atoms with Crippen molar-refractivity contribution in [3.05, 3.63) is 134 Å². The fourth-order valence-corrected chi connectivity index (χ4v) is 9.98. The van der Waals surface area contributed by atoms with Crippen LogP contribution in [0.25, 0.3) is 0 Å². The van der Waals surface area contributed by atoms with E-state index in [1.807, 2.05) is 0 Å². The molecule has 0 radical (unpaired) electrons. The Morgan fingerprint density at radius 3 is 0.783 bits per heavy atom. The molecule has 0 spiro atoms. The fraction of sp³-hybridized carbons (Fsp3) is 0.692. The summed E-state index contributed by atoms with van der Waals surface area (Å²) >= 11 is 0. The third kappa shape index (κ3) is 70.4. The number of hydrogen-bond acceptors (Lipinski definition) is 5. The van der Waals surface area contributed by atoms with Gasteiger partial charge < -0.3 is 14.6 Å². The summed E-state index contributed by atoms with van der Waals surface area (Å²) in [5.41, 5.74) is 0. The number of carbonyl (C=O) groups excluding carboxylic acids is 2. The summed E-state index contributed by atoms with van der Waals surface area (Å²) in [6.07, 6.45) is 108. The van der Waals surface area contributed by atoms with E-state index in [2.05, 4.69) is 148 Å². The summed E-state index contributed by atoms with van der Waals surface area (Å²) in [5.74, 6) is -0.597. The van der Waals surface area contributed by atoms with Crippen LogP contribution in [0.3, 0.4) is 0 Å². The predicted molar refractivity (Wildman–Crippen MR) is 366 cm³/mol. The number of aliphatic hydroxyl groups excluding tert-OH is 1. The molecule has 0 saturated carbocycles. The Hall–Kier alpha value is -3.96. The summed E-state index contributed by atoms with van der Waals surface area (Å²) in [5, 5.41) is 9.70. The van der Waals surface area contributed by atoms with Crippen LogP contribution in [0.15, 0.2) is 134 Å². The molecule has 0 amide bonds. The highest BCUT2D eigenvalue weighted by Gasteiger charge is 2.16. The van der Waals surface area contributed by atoms with E-state index in [4.69, 9.17) is 9.47 Å². The molecule has 0 aliphatic rings. The molecule has 0 aromatic carbocycles. The average molecular weight is 1150 g/mol. The van der Waals surface area contributed by atoms with Gasteiger partial charge in [-0.15, -0.1) is 0 Å². The lowest BCUT2D eigenvalue weighted by Gasteiger charge is -2.15. The van der Waals surface area contributed by atoms with Gasteiger partial charge in [0, 0.05) is 12.8 Å². The second-order valence-corrected chi connectivity index (χ2v) is 23.2. The summed E-state index contributed by atoms with van der Waals surface area (Å²) in [7, 11) is 0. The minimum Gasteiger partial charge on any atom is -0.462 e. The first-order valence-corrected chi connectivity index (χ1v) is 35.2. The number of allylic oxidation sites excluding steroid dienone is 22. The van der Waals surface area contributed by atoms with Crippen LogP contribution in [0.2, 0.25) is 0 Å². The molecule has 0 bridgehead atoms. The molecule has 0 aliphatic carbocycles. The molecular formula is C78H132O5. The van der Waals surface area contributed by atoms with Gasteiger partial charge in [-0.3, -0.25) is 9.59 Å². The predicted octanol–water partition coefficient (Wildman–Crippen LogP) is 24.7. The van der Waals surface area contributed by atoms with E-state index in [0.717, 1.165) is 116 Å². The van der Waals surface area contributed by atoms with Gasteiger partial charge in [0.1, 0.15) is 6.61 Å². The topological polar surface area (TPSA) is 72.8 Å².